The predicted octanol–water partition coefficient (Wildman–Crippen LogP) is 5.71. The van der Waals surface area contributed by atoms with Gasteiger partial charge < -0.3 is 15.0 Å². The second-order valence-corrected chi connectivity index (χ2v) is 12.8. The van der Waals surface area contributed by atoms with Gasteiger partial charge >= 0.3 is 0 Å². The van der Waals surface area contributed by atoms with Crippen molar-refractivity contribution in [2.75, 3.05) is 18.0 Å². The molecule has 0 radical (unpaired) electrons. The molecule has 230 valence electrons. The van der Waals surface area contributed by atoms with Gasteiger partial charge in [-0.1, -0.05) is 72.3 Å². The second-order valence-electron chi connectivity index (χ2n) is 10.5. The Kier molecular flexibility index (Phi) is 11.0. The van der Waals surface area contributed by atoms with E-state index in [1.54, 1.807) is 36.4 Å². The molecule has 44 heavy (non-hydrogen) atoms. The Balaban J connectivity index is 1.78. The van der Waals surface area contributed by atoms with Gasteiger partial charge in [0, 0.05) is 24.0 Å². The third-order valence-electron chi connectivity index (χ3n) is 6.94. The molecule has 0 spiro atoms. The van der Waals surface area contributed by atoms with Crippen molar-refractivity contribution < 1.29 is 22.7 Å². The van der Waals surface area contributed by atoms with Gasteiger partial charge in [-0.05, 0) is 73.5 Å². The molecule has 0 fully saturated rings. The minimum Gasteiger partial charge on any atom is -0.497 e. The number of halogens is 1. The van der Waals surface area contributed by atoms with Crippen LogP contribution in [0.15, 0.2) is 114 Å². The Morgan fingerprint density at radius 3 is 1.93 bits per heavy atom. The maximum Gasteiger partial charge on any atom is 0.264 e. The van der Waals surface area contributed by atoms with Gasteiger partial charge in [0.1, 0.15) is 18.3 Å². The van der Waals surface area contributed by atoms with Crippen LogP contribution in [0, 0.1) is 0 Å². The topological polar surface area (TPSA) is 96.0 Å². The fourth-order valence-electron chi connectivity index (χ4n) is 4.73. The zero-order valence-electron chi connectivity index (χ0n) is 24.9. The second kappa shape index (κ2) is 14.9. The Morgan fingerprint density at radius 2 is 1.39 bits per heavy atom. The van der Waals surface area contributed by atoms with E-state index in [-0.39, 0.29) is 35.5 Å². The van der Waals surface area contributed by atoms with E-state index in [4.69, 9.17) is 16.3 Å². The van der Waals surface area contributed by atoms with Gasteiger partial charge in [-0.2, -0.15) is 0 Å². The van der Waals surface area contributed by atoms with Gasteiger partial charge in [0.15, 0.2) is 0 Å². The summed E-state index contributed by atoms with van der Waals surface area (Å²) >= 11 is 6.12. The van der Waals surface area contributed by atoms with Crippen LogP contribution < -0.4 is 14.4 Å². The molecule has 0 saturated heterocycles. The van der Waals surface area contributed by atoms with Crippen LogP contribution in [-0.4, -0.2) is 50.9 Å². The third-order valence-corrected chi connectivity index (χ3v) is 8.98. The number of amides is 2. The Labute approximate surface area is 264 Å². The zero-order chi connectivity index (χ0) is 31.7. The van der Waals surface area contributed by atoms with Crippen molar-refractivity contribution in [3.05, 3.63) is 125 Å². The summed E-state index contributed by atoms with van der Waals surface area (Å²) in [7, 11) is -2.74. The van der Waals surface area contributed by atoms with Gasteiger partial charge in [-0.25, -0.2) is 8.42 Å². The molecule has 0 aromatic heterocycles. The third kappa shape index (κ3) is 8.39. The monoisotopic (exact) mass is 633 g/mol. The summed E-state index contributed by atoms with van der Waals surface area (Å²) < 4.78 is 34.4. The number of carbonyl (C=O) groups is 2. The molecule has 10 heteroatoms. The number of sulfonamides is 1. The molecule has 0 aliphatic rings. The SMILES string of the molecule is COc1ccc(S(=O)(=O)N(CC(=O)N(Cc2ccccc2)[C@@H](Cc2ccccc2)C(=O)NC(C)C)c2ccc(Cl)cc2)cc1. The van der Waals surface area contributed by atoms with Crippen LogP contribution >= 0.6 is 11.6 Å². The average Bonchev–Trinajstić information content (AvgIpc) is 3.02. The fourth-order valence-corrected chi connectivity index (χ4v) is 6.27. The fraction of sp³-hybridized carbons (Fsp3) is 0.235. The molecule has 0 aliphatic carbocycles. The first kappa shape index (κ1) is 32.6. The van der Waals surface area contributed by atoms with Crippen LogP contribution in [0.3, 0.4) is 0 Å². The molecule has 0 saturated carbocycles. The first-order chi connectivity index (χ1) is 21.1. The molecular formula is C34H36ClN3O5S. The average molecular weight is 634 g/mol. The molecule has 0 unspecified atom stereocenters. The molecule has 2 amide bonds. The number of methoxy groups -OCH3 is 1. The number of benzene rings is 4. The maximum atomic E-state index is 14.4. The Bertz CT molecular complexity index is 1630. The molecule has 4 rings (SSSR count). The van der Waals surface area contributed by atoms with E-state index in [9.17, 15) is 18.0 Å². The van der Waals surface area contributed by atoms with E-state index in [0.717, 1.165) is 15.4 Å². The lowest BCUT2D eigenvalue weighted by Crippen LogP contribution is -2.54. The summed E-state index contributed by atoms with van der Waals surface area (Å²) in [5.74, 6) is -0.378. The lowest BCUT2D eigenvalue weighted by molar-refractivity contribution is -0.140. The van der Waals surface area contributed by atoms with E-state index < -0.39 is 28.5 Å². The number of anilines is 1. The minimum absolute atomic E-state index is 0.0194. The van der Waals surface area contributed by atoms with Crippen molar-refractivity contribution in [1.82, 2.24) is 10.2 Å². The van der Waals surface area contributed by atoms with Crippen LogP contribution in [0.4, 0.5) is 5.69 Å². The Hall–Kier alpha value is -4.34. The first-order valence-corrected chi connectivity index (χ1v) is 16.0. The number of ether oxygens (including phenoxy) is 1. The molecule has 8 nitrogen and oxygen atoms in total. The predicted molar refractivity (Wildman–Crippen MR) is 173 cm³/mol. The number of carbonyl (C=O) groups excluding carboxylic acids is 2. The number of hydrogen-bond donors (Lipinski definition) is 1. The van der Waals surface area contributed by atoms with E-state index in [1.807, 2.05) is 74.5 Å². The number of rotatable bonds is 13. The van der Waals surface area contributed by atoms with Crippen LogP contribution in [0.25, 0.3) is 0 Å². The summed E-state index contributed by atoms with van der Waals surface area (Å²) in [5, 5.41) is 3.37. The molecule has 0 aliphatic heterocycles. The Morgan fingerprint density at radius 1 is 0.818 bits per heavy atom. The standard InChI is InChI=1S/C34H36ClN3O5S/c1-25(2)36-34(40)32(22-26-10-6-4-7-11-26)37(23-27-12-8-5-9-13-27)33(39)24-38(29-16-14-28(35)15-17-29)44(41,42)31-20-18-30(43-3)19-21-31/h4-21,25,32H,22-24H2,1-3H3,(H,36,40)/t32-/m0/s1. The maximum absolute atomic E-state index is 14.4. The highest BCUT2D eigenvalue weighted by Gasteiger charge is 2.34. The van der Waals surface area contributed by atoms with Crippen molar-refractivity contribution in [2.24, 2.45) is 0 Å². The summed E-state index contributed by atoms with van der Waals surface area (Å²) in [6.45, 7) is 3.25. The lowest BCUT2D eigenvalue weighted by atomic mass is 10.0. The summed E-state index contributed by atoms with van der Waals surface area (Å²) in [5.41, 5.74) is 1.92. The highest BCUT2D eigenvalue weighted by molar-refractivity contribution is 7.92. The van der Waals surface area contributed by atoms with Gasteiger partial charge in [0.05, 0.1) is 17.7 Å². The zero-order valence-corrected chi connectivity index (χ0v) is 26.5. The highest BCUT2D eigenvalue weighted by Crippen LogP contribution is 2.27. The molecule has 4 aromatic rings. The van der Waals surface area contributed by atoms with Crippen molar-refractivity contribution in [3.8, 4) is 5.75 Å². The molecular weight excluding hydrogens is 598 g/mol. The lowest BCUT2D eigenvalue weighted by Gasteiger charge is -2.34. The van der Waals surface area contributed by atoms with Gasteiger partial charge in [0.2, 0.25) is 11.8 Å². The number of nitrogens with one attached hydrogen (secondary N) is 1. The molecule has 1 N–H and O–H groups in total. The van der Waals surface area contributed by atoms with E-state index in [0.29, 0.717) is 10.8 Å². The number of nitrogens with zero attached hydrogens (tertiary/aromatic N) is 2. The van der Waals surface area contributed by atoms with E-state index >= 15 is 0 Å². The van der Waals surface area contributed by atoms with Crippen molar-refractivity contribution >= 4 is 39.1 Å². The molecule has 0 heterocycles. The van der Waals surface area contributed by atoms with Crippen molar-refractivity contribution in [3.63, 3.8) is 0 Å². The first-order valence-electron chi connectivity index (χ1n) is 14.2. The van der Waals surface area contributed by atoms with Gasteiger partial charge in [-0.15, -0.1) is 0 Å². The smallest absolute Gasteiger partial charge is 0.264 e. The normalized spacial score (nSPS) is 11.9. The molecule has 4 aromatic carbocycles. The minimum atomic E-state index is -4.23. The molecule has 1 atom stereocenters. The van der Waals surface area contributed by atoms with Crippen molar-refractivity contribution in [2.45, 2.75) is 43.8 Å². The van der Waals surface area contributed by atoms with Crippen molar-refractivity contribution in [1.29, 1.82) is 0 Å². The summed E-state index contributed by atoms with van der Waals surface area (Å²) in [4.78, 5) is 29.5. The summed E-state index contributed by atoms with van der Waals surface area (Å²) in [6.07, 6.45) is 0.240. The largest absolute Gasteiger partial charge is 0.497 e. The number of hydrogen-bond acceptors (Lipinski definition) is 5. The van der Waals surface area contributed by atoms with E-state index in [1.165, 1.54) is 24.1 Å². The highest BCUT2D eigenvalue weighted by atomic mass is 35.5. The van der Waals surface area contributed by atoms with Gasteiger partial charge in [0.25, 0.3) is 10.0 Å². The summed E-state index contributed by atoms with van der Waals surface area (Å²) in [6, 6.07) is 29.8. The quantitative estimate of drug-likeness (QED) is 0.204. The molecule has 0 bridgehead atoms. The van der Waals surface area contributed by atoms with Crippen LogP contribution in [-0.2, 0) is 32.6 Å². The van der Waals surface area contributed by atoms with E-state index in [2.05, 4.69) is 5.32 Å². The van der Waals surface area contributed by atoms with Crippen LogP contribution in [0.5, 0.6) is 5.75 Å². The van der Waals surface area contributed by atoms with Crippen LogP contribution in [0.2, 0.25) is 5.02 Å². The van der Waals surface area contributed by atoms with Gasteiger partial charge in [-0.3, -0.25) is 13.9 Å². The van der Waals surface area contributed by atoms with Crippen LogP contribution in [0.1, 0.15) is 25.0 Å².